The fourth-order valence-electron chi connectivity index (χ4n) is 7.04. The highest BCUT2D eigenvalue weighted by atomic mass is 35.5. The van der Waals surface area contributed by atoms with Crippen LogP contribution < -0.4 is 12.4 Å². The first-order chi connectivity index (χ1) is 24.5. The van der Waals surface area contributed by atoms with Crippen LogP contribution in [0.4, 0.5) is 0 Å². The van der Waals surface area contributed by atoms with Crippen LogP contribution in [0.5, 0.6) is 0 Å². The molecule has 0 saturated carbocycles. The van der Waals surface area contributed by atoms with E-state index in [1.807, 2.05) is 6.08 Å². The fourth-order valence-corrected chi connectivity index (χ4v) is 7.04. The Balaban J connectivity index is -0.00000226. The van der Waals surface area contributed by atoms with E-state index in [4.69, 9.17) is 4.74 Å². The van der Waals surface area contributed by atoms with Gasteiger partial charge >= 0.3 is 0 Å². The molecule has 310 valence electrons. The number of hydrogen-bond donors (Lipinski definition) is 0. The van der Waals surface area contributed by atoms with Gasteiger partial charge in [0.15, 0.2) is 0 Å². The van der Waals surface area contributed by atoms with Gasteiger partial charge in [-0.3, -0.25) is 0 Å². The molecule has 0 aliphatic heterocycles. The zero-order chi connectivity index (χ0) is 37.1. The molecule has 1 atom stereocenters. The highest BCUT2D eigenvalue weighted by Crippen LogP contribution is 2.18. The molecule has 0 aromatic rings. The number of rotatable bonds is 41. The van der Waals surface area contributed by atoms with Gasteiger partial charge in [0, 0.05) is 6.61 Å². The second-order valence-corrected chi connectivity index (χ2v) is 16.8. The van der Waals surface area contributed by atoms with E-state index in [0.29, 0.717) is 6.10 Å². The van der Waals surface area contributed by atoms with Crippen molar-refractivity contribution in [2.24, 2.45) is 0 Å². The maximum absolute atomic E-state index is 6.39. The molecule has 51 heavy (non-hydrogen) atoms. The number of nitrogens with zero attached hydrogens (tertiary/aromatic N) is 1. The normalized spacial score (nSPS) is 12.0. The van der Waals surface area contributed by atoms with Crippen LogP contribution in [-0.4, -0.2) is 44.4 Å². The summed E-state index contributed by atoms with van der Waals surface area (Å²) in [6.07, 6.45) is 54.0. The van der Waals surface area contributed by atoms with E-state index < -0.39 is 0 Å². The third kappa shape index (κ3) is 50.0. The molecule has 0 saturated heterocycles. The number of hydrogen-bond acceptors (Lipinski definition) is 1. The van der Waals surface area contributed by atoms with Gasteiger partial charge in [-0.2, -0.15) is 0 Å². The van der Waals surface area contributed by atoms with Crippen molar-refractivity contribution in [3.63, 3.8) is 0 Å². The fraction of sp³-hybridized carbons (Fsp3) is 0.958. The number of ether oxygens (including phenoxy) is 1. The van der Waals surface area contributed by atoms with Gasteiger partial charge in [-0.05, 0) is 32.3 Å². The van der Waals surface area contributed by atoms with Gasteiger partial charge < -0.3 is 21.6 Å². The summed E-state index contributed by atoms with van der Waals surface area (Å²) in [6.45, 7) is 16.0. The molecule has 0 aliphatic rings. The van der Waals surface area contributed by atoms with Gasteiger partial charge in [0.25, 0.3) is 0 Å². The Morgan fingerprint density at radius 1 is 0.412 bits per heavy atom. The Labute approximate surface area is 331 Å². The van der Waals surface area contributed by atoms with Gasteiger partial charge in [-0.25, -0.2) is 0 Å². The molecule has 1 unspecified atom stereocenters. The summed E-state index contributed by atoms with van der Waals surface area (Å²) in [4.78, 5) is 0. The van der Waals surface area contributed by atoms with Gasteiger partial charge in [0.05, 0.1) is 33.3 Å². The van der Waals surface area contributed by atoms with E-state index in [9.17, 15) is 0 Å². The van der Waals surface area contributed by atoms with Crippen molar-refractivity contribution < 1.29 is 21.6 Å². The second kappa shape index (κ2) is 48.0. The third-order valence-corrected chi connectivity index (χ3v) is 11.1. The first-order valence-electron chi connectivity index (χ1n) is 23.5. The minimum atomic E-state index is 0. The summed E-state index contributed by atoms with van der Waals surface area (Å²) in [6, 6.07) is 0. The Hall–Kier alpha value is -0.0500. The molecule has 0 aromatic carbocycles. The molecule has 0 fully saturated rings. The SMILES string of the molecule is C=CC[N+](C)(C)CC.CCCCCCCCCCCCCCCCCCOC(CCCC)CCCCCCCCCCCCCCCCCC.[Cl-]. The molecular formula is C48H100ClNO. The highest BCUT2D eigenvalue weighted by molar-refractivity contribution is 4.64. The van der Waals surface area contributed by atoms with Crippen LogP contribution in [0.3, 0.4) is 0 Å². The maximum atomic E-state index is 6.39. The van der Waals surface area contributed by atoms with Crippen molar-refractivity contribution in [2.45, 2.75) is 265 Å². The molecule has 0 N–H and O–H groups in total. The summed E-state index contributed by atoms with van der Waals surface area (Å²) in [7, 11) is 4.39. The summed E-state index contributed by atoms with van der Waals surface area (Å²) in [5.41, 5.74) is 0. The topological polar surface area (TPSA) is 9.23 Å². The van der Waals surface area contributed by atoms with Crippen LogP contribution in [-0.2, 0) is 4.74 Å². The standard InChI is InChI=1S/C41H84O.C7H16N.ClH/c1-4-7-10-12-14-16-18-20-22-24-26-28-30-32-34-36-39-41(38-9-6-3)42-40-37-35-33-31-29-27-25-23-21-19-17-15-13-11-8-5-2;1-5-7-8(3,4)6-2;/h41H,4-40H2,1-3H3;5H,1,6-7H2,2-4H3;1H/q;+1;/p-1. The van der Waals surface area contributed by atoms with Gasteiger partial charge in [-0.15, -0.1) is 0 Å². The maximum Gasteiger partial charge on any atom is 0.0966 e. The molecule has 0 bridgehead atoms. The molecule has 3 heteroatoms. The minimum absolute atomic E-state index is 0. The second-order valence-electron chi connectivity index (χ2n) is 16.8. The van der Waals surface area contributed by atoms with E-state index in [2.05, 4.69) is 48.4 Å². The smallest absolute Gasteiger partial charge is 0.0966 e. The largest absolute Gasteiger partial charge is 1.00 e. The van der Waals surface area contributed by atoms with E-state index in [-0.39, 0.29) is 12.4 Å². The van der Waals surface area contributed by atoms with Crippen LogP contribution in [0, 0.1) is 0 Å². The molecular weight excluding hydrogens is 642 g/mol. The van der Waals surface area contributed by atoms with Crippen LogP contribution in [0.25, 0.3) is 0 Å². The first kappa shape index (κ1) is 55.3. The van der Waals surface area contributed by atoms with Gasteiger partial charge in [-0.1, -0.05) is 239 Å². The van der Waals surface area contributed by atoms with Gasteiger partial charge in [0.1, 0.15) is 0 Å². The van der Waals surface area contributed by atoms with E-state index in [1.54, 1.807) is 0 Å². The van der Waals surface area contributed by atoms with Crippen molar-refractivity contribution >= 4 is 0 Å². The van der Waals surface area contributed by atoms with Crippen LogP contribution in [0.15, 0.2) is 12.7 Å². The summed E-state index contributed by atoms with van der Waals surface area (Å²) in [5.74, 6) is 0. The lowest BCUT2D eigenvalue weighted by molar-refractivity contribution is -0.882. The molecule has 0 aromatic heterocycles. The molecule has 0 amide bonds. The highest BCUT2D eigenvalue weighted by Gasteiger charge is 2.09. The number of halogens is 1. The Bertz CT molecular complexity index is 608. The monoisotopic (exact) mass is 742 g/mol. The lowest BCUT2D eigenvalue weighted by Gasteiger charge is -2.26. The predicted octanol–water partition coefficient (Wildman–Crippen LogP) is 13.7. The zero-order valence-electron chi connectivity index (χ0n) is 36.7. The molecule has 0 radical (unpaired) electrons. The summed E-state index contributed by atoms with van der Waals surface area (Å²) in [5, 5.41) is 0. The van der Waals surface area contributed by atoms with Crippen molar-refractivity contribution in [3.8, 4) is 0 Å². The van der Waals surface area contributed by atoms with Crippen LogP contribution in [0.1, 0.15) is 259 Å². The third-order valence-electron chi connectivity index (χ3n) is 11.1. The molecule has 0 spiro atoms. The number of quaternary nitrogens is 1. The zero-order valence-corrected chi connectivity index (χ0v) is 37.4. The minimum Gasteiger partial charge on any atom is -1.00 e. The van der Waals surface area contributed by atoms with E-state index in [1.165, 1.54) is 238 Å². The van der Waals surface area contributed by atoms with Crippen LogP contribution >= 0.6 is 0 Å². The van der Waals surface area contributed by atoms with E-state index in [0.717, 1.165) is 17.6 Å². The summed E-state index contributed by atoms with van der Waals surface area (Å²) < 4.78 is 7.43. The Kier molecular flexibility index (Phi) is 52.0. The van der Waals surface area contributed by atoms with Crippen molar-refractivity contribution in [2.75, 3.05) is 33.8 Å². The lowest BCUT2D eigenvalue weighted by Crippen LogP contribution is -3.00. The van der Waals surface area contributed by atoms with Crippen molar-refractivity contribution in [1.29, 1.82) is 0 Å². The number of unbranched alkanes of at least 4 members (excludes halogenated alkanes) is 31. The van der Waals surface area contributed by atoms with E-state index >= 15 is 0 Å². The number of likely N-dealkylation sites (N-methyl/N-ethyl adjacent to an activating group) is 1. The lowest BCUT2D eigenvalue weighted by atomic mass is 10.0. The molecule has 0 rings (SSSR count). The Morgan fingerprint density at radius 2 is 0.686 bits per heavy atom. The average molecular weight is 743 g/mol. The molecule has 2 nitrogen and oxygen atoms in total. The van der Waals surface area contributed by atoms with Crippen LogP contribution in [0.2, 0.25) is 0 Å². The first-order valence-corrected chi connectivity index (χ1v) is 23.5. The van der Waals surface area contributed by atoms with Crippen molar-refractivity contribution in [3.05, 3.63) is 12.7 Å². The quantitative estimate of drug-likeness (QED) is 0.0344. The summed E-state index contributed by atoms with van der Waals surface area (Å²) >= 11 is 0. The Morgan fingerprint density at radius 3 is 0.961 bits per heavy atom. The molecule has 0 aliphatic carbocycles. The predicted molar refractivity (Wildman–Crippen MR) is 231 cm³/mol. The molecule has 0 heterocycles. The van der Waals surface area contributed by atoms with Crippen molar-refractivity contribution in [1.82, 2.24) is 0 Å². The van der Waals surface area contributed by atoms with Gasteiger partial charge in [0.2, 0.25) is 0 Å². The average Bonchev–Trinajstić information content (AvgIpc) is 3.11.